The van der Waals surface area contributed by atoms with Crippen molar-refractivity contribution in [3.05, 3.63) is 36.7 Å². The number of rotatable bonds is 7. The van der Waals surface area contributed by atoms with E-state index in [1.807, 2.05) is 7.05 Å². The van der Waals surface area contributed by atoms with Gasteiger partial charge in [0.2, 0.25) is 6.33 Å². The van der Waals surface area contributed by atoms with Crippen LogP contribution in [0.3, 0.4) is 0 Å². The first-order chi connectivity index (χ1) is 9.65. The SMILES string of the molecule is C[n+]1ccn(CCCCCCc2ncc(N)cc2N)c1. The number of hydrogen-bond donors (Lipinski definition) is 2. The van der Waals surface area contributed by atoms with E-state index in [4.69, 9.17) is 11.5 Å². The van der Waals surface area contributed by atoms with Gasteiger partial charge >= 0.3 is 0 Å². The molecular weight excluding hydrogens is 250 g/mol. The van der Waals surface area contributed by atoms with Gasteiger partial charge in [-0.15, -0.1) is 0 Å². The van der Waals surface area contributed by atoms with Gasteiger partial charge in [-0.25, -0.2) is 9.13 Å². The van der Waals surface area contributed by atoms with Crippen molar-refractivity contribution in [1.29, 1.82) is 0 Å². The lowest BCUT2D eigenvalue weighted by Crippen LogP contribution is -2.23. The van der Waals surface area contributed by atoms with E-state index in [9.17, 15) is 0 Å². The van der Waals surface area contributed by atoms with Gasteiger partial charge in [-0.2, -0.15) is 0 Å². The van der Waals surface area contributed by atoms with Crippen molar-refractivity contribution in [2.24, 2.45) is 7.05 Å². The lowest BCUT2D eigenvalue weighted by molar-refractivity contribution is -0.671. The number of anilines is 2. The fourth-order valence-electron chi connectivity index (χ4n) is 2.31. The quantitative estimate of drug-likeness (QED) is 0.596. The summed E-state index contributed by atoms with van der Waals surface area (Å²) in [5, 5.41) is 0. The molecule has 2 heterocycles. The number of nitrogens with two attached hydrogens (primary N) is 2. The molecule has 20 heavy (non-hydrogen) atoms. The molecule has 0 fully saturated rings. The molecule has 2 aromatic heterocycles. The van der Waals surface area contributed by atoms with Crippen molar-refractivity contribution in [2.75, 3.05) is 11.5 Å². The van der Waals surface area contributed by atoms with E-state index < -0.39 is 0 Å². The Labute approximate surface area is 120 Å². The van der Waals surface area contributed by atoms with E-state index in [0.29, 0.717) is 11.4 Å². The molecule has 0 atom stereocenters. The van der Waals surface area contributed by atoms with Crippen LogP contribution in [-0.4, -0.2) is 9.55 Å². The van der Waals surface area contributed by atoms with E-state index in [0.717, 1.165) is 25.1 Å². The second kappa shape index (κ2) is 6.93. The van der Waals surface area contributed by atoms with Crippen molar-refractivity contribution in [1.82, 2.24) is 9.55 Å². The Morgan fingerprint density at radius 1 is 1.20 bits per heavy atom. The molecule has 0 saturated carbocycles. The normalized spacial score (nSPS) is 10.8. The second-order valence-corrected chi connectivity index (χ2v) is 5.29. The zero-order valence-corrected chi connectivity index (χ0v) is 12.1. The number of nitrogen functional groups attached to an aromatic ring is 2. The Hall–Kier alpha value is -2.04. The minimum absolute atomic E-state index is 0.631. The van der Waals surface area contributed by atoms with Crippen LogP contribution in [-0.2, 0) is 20.0 Å². The van der Waals surface area contributed by atoms with Crippen molar-refractivity contribution >= 4 is 11.4 Å². The van der Waals surface area contributed by atoms with Gasteiger partial charge in [0.15, 0.2) is 0 Å². The van der Waals surface area contributed by atoms with Gasteiger partial charge < -0.3 is 11.5 Å². The van der Waals surface area contributed by atoms with E-state index in [1.54, 1.807) is 12.3 Å². The molecule has 0 saturated heterocycles. The molecule has 2 rings (SSSR count). The van der Waals surface area contributed by atoms with Crippen molar-refractivity contribution in [3.63, 3.8) is 0 Å². The smallest absolute Gasteiger partial charge is 0.243 e. The molecule has 0 amide bonds. The minimum atomic E-state index is 0.631. The third-order valence-electron chi connectivity index (χ3n) is 3.43. The lowest BCUT2D eigenvalue weighted by Gasteiger charge is -2.05. The Balaban J connectivity index is 1.62. The molecule has 0 aliphatic rings. The van der Waals surface area contributed by atoms with Crippen LogP contribution in [0, 0.1) is 0 Å². The van der Waals surface area contributed by atoms with Crippen LogP contribution in [0.4, 0.5) is 11.4 Å². The molecule has 0 bridgehead atoms. The Kier molecular flexibility index (Phi) is 4.98. The van der Waals surface area contributed by atoms with Gasteiger partial charge in [0.25, 0.3) is 0 Å². The predicted octanol–water partition coefficient (Wildman–Crippen LogP) is 1.68. The fourth-order valence-corrected chi connectivity index (χ4v) is 2.31. The highest BCUT2D eigenvalue weighted by atomic mass is 15.1. The lowest BCUT2D eigenvalue weighted by atomic mass is 10.1. The number of imidazole rings is 1. The summed E-state index contributed by atoms with van der Waals surface area (Å²) in [4.78, 5) is 4.29. The van der Waals surface area contributed by atoms with Crippen LogP contribution in [0.15, 0.2) is 31.0 Å². The first kappa shape index (κ1) is 14.4. The Morgan fingerprint density at radius 2 is 2.00 bits per heavy atom. The summed E-state index contributed by atoms with van der Waals surface area (Å²) in [5.74, 6) is 0. The molecule has 0 aromatic carbocycles. The first-order valence-electron chi connectivity index (χ1n) is 7.16. The summed E-state index contributed by atoms with van der Waals surface area (Å²) in [6, 6.07) is 1.79. The molecule has 0 aliphatic carbocycles. The van der Waals surface area contributed by atoms with Crippen molar-refractivity contribution < 1.29 is 4.57 Å². The molecule has 5 nitrogen and oxygen atoms in total. The number of unbranched alkanes of at least 4 members (excludes halogenated alkanes) is 3. The summed E-state index contributed by atoms with van der Waals surface area (Å²) in [7, 11) is 2.04. The van der Waals surface area contributed by atoms with Crippen LogP contribution < -0.4 is 16.0 Å². The van der Waals surface area contributed by atoms with Crippen LogP contribution in [0.5, 0.6) is 0 Å². The summed E-state index contributed by atoms with van der Waals surface area (Å²) in [6.45, 7) is 1.09. The maximum absolute atomic E-state index is 5.89. The Bertz CT molecular complexity index is 547. The fraction of sp³-hybridized carbons (Fsp3) is 0.467. The zero-order valence-electron chi connectivity index (χ0n) is 12.1. The molecule has 0 aliphatic heterocycles. The molecular formula is C15H24N5+. The van der Waals surface area contributed by atoms with Gasteiger partial charge in [0.1, 0.15) is 12.4 Å². The van der Waals surface area contributed by atoms with E-state index >= 15 is 0 Å². The van der Waals surface area contributed by atoms with Crippen LogP contribution in [0.25, 0.3) is 0 Å². The molecule has 4 N–H and O–H groups in total. The van der Waals surface area contributed by atoms with Gasteiger partial charge in [-0.1, -0.05) is 6.42 Å². The van der Waals surface area contributed by atoms with E-state index in [2.05, 4.69) is 32.8 Å². The topological polar surface area (TPSA) is 73.7 Å². The van der Waals surface area contributed by atoms with Crippen molar-refractivity contribution in [3.8, 4) is 0 Å². The number of nitrogens with zero attached hydrogens (tertiary/aromatic N) is 3. The maximum atomic E-state index is 5.89. The van der Waals surface area contributed by atoms with E-state index in [1.165, 1.54) is 19.3 Å². The highest BCUT2D eigenvalue weighted by molar-refractivity contribution is 5.52. The van der Waals surface area contributed by atoms with Gasteiger partial charge in [-0.3, -0.25) is 4.98 Å². The number of hydrogen-bond acceptors (Lipinski definition) is 3. The highest BCUT2D eigenvalue weighted by Crippen LogP contribution is 2.15. The summed E-state index contributed by atoms with van der Waals surface area (Å²) >= 11 is 0. The summed E-state index contributed by atoms with van der Waals surface area (Å²) in [6.07, 6.45) is 13.7. The summed E-state index contributed by atoms with van der Waals surface area (Å²) < 4.78 is 4.29. The molecule has 0 spiro atoms. The van der Waals surface area contributed by atoms with Gasteiger partial charge in [0, 0.05) is 0 Å². The third-order valence-corrected chi connectivity index (χ3v) is 3.43. The molecule has 108 valence electrons. The van der Waals surface area contributed by atoms with Crippen molar-refractivity contribution in [2.45, 2.75) is 38.6 Å². The molecule has 0 unspecified atom stereocenters. The second-order valence-electron chi connectivity index (χ2n) is 5.29. The molecule has 5 heteroatoms. The monoisotopic (exact) mass is 274 g/mol. The third kappa shape index (κ3) is 4.26. The zero-order chi connectivity index (χ0) is 14.4. The van der Waals surface area contributed by atoms with Crippen LogP contribution >= 0.6 is 0 Å². The van der Waals surface area contributed by atoms with Crippen LogP contribution in [0.1, 0.15) is 31.4 Å². The first-order valence-corrected chi connectivity index (χ1v) is 7.16. The van der Waals surface area contributed by atoms with Crippen LogP contribution in [0.2, 0.25) is 0 Å². The minimum Gasteiger partial charge on any atom is -0.397 e. The average molecular weight is 274 g/mol. The molecule has 2 aromatic rings. The largest absolute Gasteiger partial charge is 0.397 e. The predicted molar refractivity (Wildman–Crippen MR) is 80.8 cm³/mol. The highest BCUT2D eigenvalue weighted by Gasteiger charge is 2.02. The van der Waals surface area contributed by atoms with E-state index in [-0.39, 0.29) is 0 Å². The standard InChI is InChI=1S/C15H24N5/c1-19-8-9-20(12-19)7-5-3-2-4-6-15-14(17)10-13(16)11-18-15/h8-12H,2-7,16-17H2,1H3/q+1. The van der Waals surface area contributed by atoms with Gasteiger partial charge in [0.05, 0.1) is 36.9 Å². The Morgan fingerprint density at radius 3 is 2.70 bits per heavy atom. The number of aryl methyl sites for hydroxylation is 3. The molecule has 0 radical (unpaired) electrons. The average Bonchev–Trinajstić information content (AvgIpc) is 2.81. The summed E-state index contributed by atoms with van der Waals surface area (Å²) in [5.41, 5.74) is 13.8. The maximum Gasteiger partial charge on any atom is 0.243 e. The number of pyridine rings is 1. The van der Waals surface area contributed by atoms with Gasteiger partial charge in [-0.05, 0) is 31.7 Å². The number of aromatic nitrogens is 3.